The third kappa shape index (κ3) is 3.67. The molecule has 4 aromatic rings. The van der Waals surface area contributed by atoms with E-state index < -0.39 is 0 Å². The summed E-state index contributed by atoms with van der Waals surface area (Å²) in [5.41, 5.74) is 3.68. The van der Waals surface area contributed by atoms with Gasteiger partial charge in [-0.25, -0.2) is 4.68 Å². The fraction of sp³-hybridized carbons (Fsp3) is 0.0909. The van der Waals surface area contributed by atoms with E-state index in [1.807, 2.05) is 102 Å². The van der Waals surface area contributed by atoms with Gasteiger partial charge in [-0.05, 0) is 48.5 Å². The Kier molecular flexibility index (Phi) is 4.58. The maximum absolute atomic E-state index is 12.7. The summed E-state index contributed by atoms with van der Waals surface area (Å²) in [7, 11) is 1.81. The lowest BCUT2D eigenvalue weighted by Crippen LogP contribution is -2.26. The number of aromatic nitrogens is 3. The number of amides is 1. The van der Waals surface area contributed by atoms with E-state index in [1.165, 1.54) is 0 Å². The number of hydrogen-bond donors (Lipinski definition) is 0. The van der Waals surface area contributed by atoms with Crippen LogP contribution in [-0.2, 0) is 6.54 Å². The van der Waals surface area contributed by atoms with E-state index in [-0.39, 0.29) is 5.91 Å². The summed E-state index contributed by atoms with van der Waals surface area (Å²) in [6.45, 7) is 0.505. The predicted molar refractivity (Wildman–Crippen MR) is 105 cm³/mol. The van der Waals surface area contributed by atoms with Gasteiger partial charge in [0.05, 0.1) is 11.9 Å². The predicted octanol–water partition coefficient (Wildman–Crippen LogP) is 3.94. The van der Waals surface area contributed by atoms with E-state index in [4.69, 9.17) is 0 Å². The number of hydrogen-bond acceptors (Lipinski definition) is 2. The molecule has 0 saturated carbocycles. The second-order valence-electron chi connectivity index (χ2n) is 6.43. The zero-order chi connectivity index (χ0) is 18.6. The Labute approximate surface area is 158 Å². The molecule has 0 aliphatic rings. The van der Waals surface area contributed by atoms with Crippen molar-refractivity contribution in [1.29, 1.82) is 0 Å². The molecule has 0 fully saturated rings. The van der Waals surface area contributed by atoms with E-state index in [0.29, 0.717) is 12.1 Å². The highest BCUT2D eigenvalue weighted by atomic mass is 16.2. The van der Waals surface area contributed by atoms with Gasteiger partial charge in [0.2, 0.25) is 0 Å². The Morgan fingerprint density at radius 2 is 1.63 bits per heavy atom. The van der Waals surface area contributed by atoms with Crippen LogP contribution in [0.1, 0.15) is 15.9 Å². The van der Waals surface area contributed by atoms with Crippen LogP contribution < -0.4 is 0 Å². The van der Waals surface area contributed by atoms with Crippen molar-refractivity contribution in [2.45, 2.75) is 6.54 Å². The molecule has 0 aliphatic heterocycles. The van der Waals surface area contributed by atoms with Gasteiger partial charge in [-0.1, -0.05) is 18.2 Å². The topological polar surface area (TPSA) is 43.1 Å². The van der Waals surface area contributed by atoms with Crippen LogP contribution in [0.4, 0.5) is 0 Å². The first kappa shape index (κ1) is 16.8. The van der Waals surface area contributed by atoms with Crippen molar-refractivity contribution in [3.05, 3.63) is 103 Å². The van der Waals surface area contributed by atoms with Gasteiger partial charge in [-0.3, -0.25) is 4.79 Å². The van der Waals surface area contributed by atoms with Crippen molar-refractivity contribution < 1.29 is 4.79 Å². The quantitative estimate of drug-likeness (QED) is 0.544. The molecule has 2 aromatic carbocycles. The number of benzene rings is 2. The van der Waals surface area contributed by atoms with Crippen molar-refractivity contribution in [3.63, 3.8) is 0 Å². The largest absolute Gasteiger partial charge is 0.337 e. The lowest BCUT2D eigenvalue weighted by atomic mass is 10.1. The number of rotatable bonds is 5. The van der Waals surface area contributed by atoms with Crippen LogP contribution in [0, 0.1) is 0 Å². The zero-order valence-corrected chi connectivity index (χ0v) is 15.1. The highest BCUT2D eigenvalue weighted by Gasteiger charge is 2.13. The van der Waals surface area contributed by atoms with Crippen LogP contribution in [0.3, 0.4) is 0 Å². The number of nitrogens with zero attached hydrogens (tertiary/aromatic N) is 4. The molecule has 2 heterocycles. The first-order valence-corrected chi connectivity index (χ1v) is 8.78. The molecular weight excluding hydrogens is 336 g/mol. The third-order valence-electron chi connectivity index (χ3n) is 4.44. The summed E-state index contributed by atoms with van der Waals surface area (Å²) in [5.74, 6) is -0.0125. The van der Waals surface area contributed by atoms with Crippen molar-refractivity contribution in [2.24, 2.45) is 0 Å². The fourth-order valence-corrected chi connectivity index (χ4v) is 3.01. The van der Waals surface area contributed by atoms with E-state index in [1.54, 1.807) is 11.1 Å². The minimum absolute atomic E-state index is 0.0125. The van der Waals surface area contributed by atoms with Crippen LogP contribution in [0.15, 0.2) is 91.5 Å². The van der Waals surface area contributed by atoms with Crippen molar-refractivity contribution >= 4 is 5.91 Å². The molecule has 0 bridgehead atoms. The Bertz CT molecular complexity index is 1020. The average molecular weight is 356 g/mol. The molecule has 27 heavy (non-hydrogen) atoms. The molecule has 5 nitrogen and oxygen atoms in total. The van der Waals surface area contributed by atoms with Gasteiger partial charge in [-0.15, -0.1) is 0 Å². The fourth-order valence-electron chi connectivity index (χ4n) is 3.01. The molecule has 0 saturated heterocycles. The monoisotopic (exact) mass is 356 g/mol. The van der Waals surface area contributed by atoms with Gasteiger partial charge in [0, 0.05) is 49.0 Å². The summed E-state index contributed by atoms with van der Waals surface area (Å²) in [6, 6.07) is 21.5. The molecule has 0 atom stereocenters. The lowest BCUT2D eigenvalue weighted by Gasteiger charge is -2.16. The van der Waals surface area contributed by atoms with Crippen LogP contribution >= 0.6 is 0 Å². The van der Waals surface area contributed by atoms with Crippen LogP contribution in [0.2, 0.25) is 0 Å². The average Bonchev–Trinajstić information content (AvgIpc) is 3.40. The Balaban J connectivity index is 1.44. The molecule has 1 amide bonds. The minimum atomic E-state index is -0.0125. The molecule has 0 radical (unpaired) electrons. The van der Waals surface area contributed by atoms with Gasteiger partial charge in [0.25, 0.3) is 5.91 Å². The lowest BCUT2D eigenvalue weighted by molar-refractivity contribution is 0.0785. The molecule has 5 heteroatoms. The smallest absolute Gasteiger partial charge is 0.253 e. The SMILES string of the molecule is CN(Cc1cnn(-c2ccccc2)c1)C(=O)c1ccc(-n2cccc2)cc1. The van der Waals surface area contributed by atoms with Crippen LogP contribution in [0.5, 0.6) is 0 Å². The van der Waals surface area contributed by atoms with E-state index in [0.717, 1.165) is 16.9 Å². The summed E-state index contributed by atoms with van der Waals surface area (Å²) in [6.07, 6.45) is 7.71. The summed E-state index contributed by atoms with van der Waals surface area (Å²) >= 11 is 0. The van der Waals surface area contributed by atoms with E-state index in [9.17, 15) is 4.79 Å². The summed E-state index contributed by atoms with van der Waals surface area (Å²) in [5, 5.41) is 4.39. The van der Waals surface area contributed by atoms with Crippen molar-refractivity contribution in [1.82, 2.24) is 19.2 Å². The Hall–Kier alpha value is -3.60. The first-order valence-electron chi connectivity index (χ1n) is 8.78. The van der Waals surface area contributed by atoms with Gasteiger partial charge < -0.3 is 9.47 Å². The molecule has 0 aliphatic carbocycles. The second kappa shape index (κ2) is 7.33. The second-order valence-corrected chi connectivity index (χ2v) is 6.43. The van der Waals surface area contributed by atoms with E-state index >= 15 is 0 Å². The molecule has 4 rings (SSSR count). The number of carbonyl (C=O) groups is 1. The molecule has 0 N–H and O–H groups in total. The maximum atomic E-state index is 12.7. The van der Waals surface area contributed by atoms with Gasteiger partial charge in [0.1, 0.15) is 0 Å². The van der Waals surface area contributed by atoms with E-state index in [2.05, 4.69) is 5.10 Å². The molecule has 2 aromatic heterocycles. The third-order valence-corrected chi connectivity index (χ3v) is 4.44. The Morgan fingerprint density at radius 1 is 0.926 bits per heavy atom. The number of carbonyl (C=O) groups excluding carboxylic acids is 1. The number of para-hydroxylation sites is 1. The highest BCUT2D eigenvalue weighted by molar-refractivity contribution is 5.94. The van der Waals surface area contributed by atoms with Crippen molar-refractivity contribution in [3.8, 4) is 11.4 Å². The van der Waals surface area contributed by atoms with Gasteiger partial charge in [0.15, 0.2) is 0 Å². The van der Waals surface area contributed by atoms with Gasteiger partial charge in [-0.2, -0.15) is 5.10 Å². The highest BCUT2D eigenvalue weighted by Crippen LogP contribution is 2.14. The Morgan fingerprint density at radius 3 is 2.33 bits per heavy atom. The summed E-state index contributed by atoms with van der Waals surface area (Å²) in [4.78, 5) is 14.4. The normalized spacial score (nSPS) is 10.7. The zero-order valence-electron chi connectivity index (χ0n) is 15.1. The molecule has 0 spiro atoms. The molecular formula is C22H20N4O. The standard InChI is InChI=1S/C22H20N4O/c1-24(16-18-15-23-26(17-18)21-7-3-2-4-8-21)22(27)19-9-11-20(12-10-19)25-13-5-6-14-25/h2-15,17H,16H2,1H3. The first-order chi connectivity index (χ1) is 13.2. The molecule has 134 valence electrons. The maximum Gasteiger partial charge on any atom is 0.253 e. The molecule has 0 unspecified atom stereocenters. The summed E-state index contributed by atoms with van der Waals surface area (Å²) < 4.78 is 3.83. The van der Waals surface area contributed by atoms with Gasteiger partial charge >= 0.3 is 0 Å². The van der Waals surface area contributed by atoms with Crippen molar-refractivity contribution in [2.75, 3.05) is 7.05 Å². The van der Waals surface area contributed by atoms with Crippen LogP contribution in [0.25, 0.3) is 11.4 Å². The van der Waals surface area contributed by atoms with Crippen LogP contribution in [-0.4, -0.2) is 32.2 Å². The minimum Gasteiger partial charge on any atom is -0.337 e.